The van der Waals surface area contributed by atoms with Gasteiger partial charge in [-0.15, -0.1) is 12.3 Å². The van der Waals surface area contributed by atoms with Crippen LogP contribution in [-0.2, 0) is 9.53 Å². The standard InChI is InChI=1S/C12H15NO2/c1-4-6-12(7-5-8-13-9-12)11(14)15-10(2)3/h1,5,7,9-10H,6,8H2,2-3H3. The van der Waals surface area contributed by atoms with E-state index in [9.17, 15) is 4.79 Å². The molecule has 0 bridgehead atoms. The first-order valence-electron chi connectivity index (χ1n) is 4.94. The number of carbonyl (C=O) groups is 1. The van der Waals surface area contributed by atoms with Gasteiger partial charge in [0.25, 0.3) is 0 Å². The molecule has 0 aromatic rings. The molecule has 15 heavy (non-hydrogen) atoms. The number of esters is 1. The predicted octanol–water partition coefficient (Wildman–Crippen LogP) is 1.59. The fourth-order valence-corrected chi connectivity index (χ4v) is 1.37. The molecule has 0 fully saturated rings. The lowest BCUT2D eigenvalue weighted by Gasteiger charge is -2.25. The van der Waals surface area contributed by atoms with Crippen molar-refractivity contribution in [2.24, 2.45) is 10.4 Å². The minimum absolute atomic E-state index is 0.143. The summed E-state index contributed by atoms with van der Waals surface area (Å²) in [5.74, 6) is 2.17. The number of terminal acetylenes is 1. The van der Waals surface area contributed by atoms with Crippen molar-refractivity contribution in [1.29, 1.82) is 0 Å². The van der Waals surface area contributed by atoms with E-state index < -0.39 is 5.41 Å². The normalized spacial score (nSPS) is 23.9. The van der Waals surface area contributed by atoms with E-state index in [4.69, 9.17) is 11.2 Å². The highest BCUT2D eigenvalue weighted by Gasteiger charge is 2.36. The molecule has 80 valence electrons. The van der Waals surface area contributed by atoms with E-state index >= 15 is 0 Å². The van der Waals surface area contributed by atoms with Gasteiger partial charge in [0, 0.05) is 12.6 Å². The Morgan fingerprint density at radius 3 is 2.93 bits per heavy atom. The Morgan fingerprint density at radius 2 is 2.47 bits per heavy atom. The monoisotopic (exact) mass is 205 g/mol. The first-order valence-corrected chi connectivity index (χ1v) is 4.94. The summed E-state index contributed by atoms with van der Waals surface area (Å²) in [7, 11) is 0. The maximum absolute atomic E-state index is 11.9. The van der Waals surface area contributed by atoms with Crippen molar-refractivity contribution in [3.8, 4) is 12.3 Å². The number of hydrogen-bond acceptors (Lipinski definition) is 3. The van der Waals surface area contributed by atoms with Crippen LogP contribution in [0.4, 0.5) is 0 Å². The van der Waals surface area contributed by atoms with E-state index in [0.717, 1.165) is 0 Å². The maximum Gasteiger partial charge on any atom is 0.322 e. The van der Waals surface area contributed by atoms with Gasteiger partial charge in [0.2, 0.25) is 0 Å². The number of rotatable bonds is 3. The molecule has 1 unspecified atom stereocenters. The fraction of sp³-hybridized carbons (Fsp3) is 0.500. The molecule has 0 aliphatic carbocycles. The third-order valence-electron chi connectivity index (χ3n) is 2.07. The topological polar surface area (TPSA) is 38.7 Å². The highest BCUT2D eigenvalue weighted by atomic mass is 16.5. The zero-order valence-electron chi connectivity index (χ0n) is 9.06. The van der Waals surface area contributed by atoms with Crippen molar-refractivity contribution in [2.45, 2.75) is 26.4 Å². The van der Waals surface area contributed by atoms with E-state index in [2.05, 4.69) is 10.9 Å². The third-order valence-corrected chi connectivity index (χ3v) is 2.07. The van der Waals surface area contributed by atoms with Gasteiger partial charge in [0.05, 0.1) is 12.6 Å². The highest BCUT2D eigenvalue weighted by Crippen LogP contribution is 2.26. The maximum atomic E-state index is 11.9. The predicted molar refractivity (Wildman–Crippen MR) is 59.6 cm³/mol. The highest BCUT2D eigenvalue weighted by molar-refractivity contribution is 5.98. The molecule has 0 saturated heterocycles. The smallest absolute Gasteiger partial charge is 0.322 e. The molecule has 0 aromatic heterocycles. The first-order chi connectivity index (χ1) is 7.10. The van der Waals surface area contributed by atoms with Crippen molar-refractivity contribution in [1.82, 2.24) is 0 Å². The minimum Gasteiger partial charge on any atom is -0.462 e. The molecule has 1 aliphatic heterocycles. The van der Waals surface area contributed by atoms with Crippen LogP contribution in [0.1, 0.15) is 20.3 Å². The number of carbonyl (C=O) groups excluding carboxylic acids is 1. The molecule has 1 atom stereocenters. The minimum atomic E-state index is -0.850. The van der Waals surface area contributed by atoms with Gasteiger partial charge >= 0.3 is 5.97 Å². The van der Waals surface area contributed by atoms with Crippen LogP contribution in [0.25, 0.3) is 0 Å². The van der Waals surface area contributed by atoms with Crippen LogP contribution in [0.2, 0.25) is 0 Å². The average Bonchev–Trinajstić information content (AvgIpc) is 2.18. The summed E-state index contributed by atoms with van der Waals surface area (Å²) >= 11 is 0. The number of hydrogen-bond donors (Lipinski definition) is 0. The van der Waals surface area contributed by atoms with Crippen molar-refractivity contribution < 1.29 is 9.53 Å². The van der Waals surface area contributed by atoms with E-state index in [0.29, 0.717) is 13.0 Å². The zero-order chi connectivity index (χ0) is 11.3. The van der Waals surface area contributed by atoms with Gasteiger partial charge in [-0.05, 0) is 13.8 Å². The average molecular weight is 205 g/mol. The van der Waals surface area contributed by atoms with Crippen molar-refractivity contribution >= 4 is 12.2 Å². The molecule has 0 saturated carbocycles. The van der Waals surface area contributed by atoms with Crippen LogP contribution in [0.15, 0.2) is 17.1 Å². The molecule has 3 heteroatoms. The summed E-state index contributed by atoms with van der Waals surface area (Å²) in [6.45, 7) is 4.22. The molecular weight excluding hydrogens is 190 g/mol. The van der Waals surface area contributed by atoms with Gasteiger partial charge < -0.3 is 4.74 Å². The summed E-state index contributed by atoms with van der Waals surface area (Å²) in [6.07, 6.45) is 10.6. The molecule has 1 heterocycles. The lowest BCUT2D eigenvalue weighted by Crippen LogP contribution is -2.35. The van der Waals surface area contributed by atoms with E-state index in [1.54, 1.807) is 12.3 Å². The van der Waals surface area contributed by atoms with Crippen LogP contribution in [-0.4, -0.2) is 24.8 Å². The molecular formula is C12H15NO2. The second-order valence-electron chi connectivity index (χ2n) is 3.77. The molecule has 0 amide bonds. The Hall–Kier alpha value is -1.56. The summed E-state index contributed by atoms with van der Waals surface area (Å²) in [5, 5.41) is 0. The van der Waals surface area contributed by atoms with Crippen LogP contribution in [0, 0.1) is 17.8 Å². The molecule has 3 nitrogen and oxygen atoms in total. The van der Waals surface area contributed by atoms with Gasteiger partial charge in [-0.25, -0.2) is 0 Å². The second kappa shape index (κ2) is 4.79. The number of aliphatic imine (C=N–C) groups is 1. The van der Waals surface area contributed by atoms with Crippen LogP contribution in [0.5, 0.6) is 0 Å². The zero-order valence-corrected chi connectivity index (χ0v) is 9.06. The van der Waals surface area contributed by atoms with Crippen molar-refractivity contribution in [3.05, 3.63) is 12.2 Å². The van der Waals surface area contributed by atoms with Gasteiger partial charge in [-0.3, -0.25) is 9.79 Å². The number of ether oxygens (including phenoxy) is 1. The Bertz CT molecular complexity index is 322. The van der Waals surface area contributed by atoms with E-state index in [-0.39, 0.29) is 12.1 Å². The number of nitrogens with zero attached hydrogens (tertiary/aromatic N) is 1. The molecule has 0 N–H and O–H groups in total. The third kappa shape index (κ3) is 2.69. The second-order valence-corrected chi connectivity index (χ2v) is 3.77. The molecule has 1 rings (SSSR count). The lowest BCUT2D eigenvalue weighted by atomic mass is 9.84. The Labute approximate surface area is 90.2 Å². The van der Waals surface area contributed by atoms with Crippen LogP contribution in [0.3, 0.4) is 0 Å². The number of dihydropyridines is 1. The molecule has 0 radical (unpaired) electrons. The Kier molecular flexibility index (Phi) is 3.68. The fourth-order valence-electron chi connectivity index (χ4n) is 1.37. The van der Waals surface area contributed by atoms with E-state index in [1.807, 2.05) is 19.9 Å². The summed E-state index contributed by atoms with van der Waals surface area (Å²) in [6, 6.07) is 0. The van der Waals surface area contributed by atoms with Gasteiger partial charge in [0.15, 0.2) is 0 Å². The summed E-state index contributed by atoms with van der Waals surface area (Å²) in [5.41, 5.74) is -0.850. The first kappa shape index (κ1) is 11.5. The molecule has 1 aliphatic rings. The van der Waals surface area contributed by atoms with E-state index in [1.165, 1.54) is 0 Å². The van der Waals surface area contributed by atoms with Crippen molar-refractivity contribution in [3.63, 3.8) is 0 Å². The molecule has 0 aromatic carbocycles. The molecule has 0 spiro atoms. The summed E-state index contributed by atoms with van der Waals surface area (Å²) < 4.78 is 5.17. The largest absolute Gasteiger partial charge is 0.462 e. The SMILES string of the molecule is C#CCC1(C(=O)OC(C)C)C=CCN=C1. The van der Waals surface area contributed by atoms with Crippen molar-refractivity contribution in [2.75, 3.05) is 6.54 Å². The summed E-state index contributed by atoms with van der Waals surface area (Å²) in [4.78, 5) is 15.9. The lowest BCUT2D eigenvalue weighted by molar-refractivity contribution is -0.153. The van der Waals surface area contributed by atoms with Crippen LogP contribution < -0.4 is 0 Å². The van der Waals surface area contributed by atoms with Gasteiger partial charge in [-0.2, -0.15) is 0 Å². The quantitative estimate of drug-likeness (QED) is 0.398. The van der Waals surface area contributed by atoms with Gasteiger partial charge in [0.1, 0.15) is 5.41 Å². The Morgan fingerprint density at radius 1 is 1.73 bits per heavy atom. The van der Waals surface area contributed by atoms with Crippen LogP contribution >= 0.6 is 0 Å². The van der Waals surface area contributed by atoms with Gasteiger partial charge in [-0.1, -0.05) is 12.2 Å². The Balaban J connectivity index is 2.86.